The van der Waals surface area contributed by atoms with Gasteiger partial charge < -0.3 is 14.2 Å². The van der Waals surface area contributed by atoms with Crippen LogP contribution in [-0.4, -0.2) is 31.9 Å². The Balaban J connectivity index is 2.19. The van der Waals surface area contributed by atoms with Gasteiger partial charge in [0.15, 0.2) is 0 Å². The standard InChI is InChI=1S/C8H10O5/c1-2-7(9)11-3-6-4-12-8(10)13-5-6/h2,6H,1,3-5H2. The first kappa shape index (κ1) is 9.57. The zero-order valence-corrected chi connectivity index (χ0v) is 7.02. The molecule has 0 N–H and O–H groups in total. The van der Waals surface area contributed by atoms with Crippen LogP contribution in [0.25, 0.3) is 0 Å². The van der Waals surface area contributed by atoms with Crippen molar-refractivity contribution in [3.63, 3.8) is 0 Å². The summed E-state index contributed by atoms with van der Waals surface area (Å²) < 4.78 is 13.9. The zero-order chi connectivity index (χ0) is 9.68. The number of ether oxygens (including phenoxy) is 3. The molecule has 0 aliphatic carbocycles. The van der Waals surface area contributed by atoms with Crippen molar-refractivity contribution in [2.45, 2.75) is 0 Å². The lowest BCUT2D eigenvalue weighted by Gasteiger charge is -2.20. The Morgan fingerprint density at radius 2 is 2.23 bits per heavy atom. The van der Waals surface area contributed by atoms with Crippen molar-refractivity contribution in [1.29, 1.82) is 0 Å². The predicted molar refractivity (Wildman–Crippen MR) is 41.9 cm³/mol. The van der Waals surface area contributed by atoms with E-state index in [-0.39, 0.29) is 25.7 Å². The zero-order valence-electron chi connectivity index (χ0n) is 7.02. The van der Waals surface area contributed by atoms with E-state index in [0.717, 1.165) is 6.08 Å². The maximum absolute atomic E-state index is 10.6. The Morgan fingerprint density at radius 1 is 1.62 bits per heavy atom. The number of esters is 1. The van der Waals surface area contributed by atoms with Gasteiger partial charge in [0.25, 0.3) is 0 Å². The summed E-state index contributed by atoms with van der Waals surface area (Å²) in [5, 5.41) is 0. The second kappa shape index (κ2) is 4.49. The summed E-state index contributed by atoms with van der Waals surface area (Å²) >= 11 is 0. The van der Waals surface area contributed by atoms with E-state index in [1.807, 2.05) is 0 Å². The summed E-state index contributed by atoms with van der Waals surface area (Å²) in [5.74, 6) is -0.571. The first-order valence-corrected chi connectivity index (χ1v) is 3.81. The molecule has 1 rings (SSSR count). The van der Waals surface area contributed by atoms with E-state index in [1.54, 1.807) is 0 Å². The second-order valence-corrected chi connectivity index (χ2v) is 2.57. The average molecular weight is 186 g/mol. The van der Waals surface area contributed by atoms with Crippen LogP contribution in [0, 0.1) is 5.92 Å². The molecule has 1 aliphatic rings. The molecule has 1 aliphatic heterocycles. The number of hydrogen-bond donors (Lipinski definition) is 0. The van der Waals surface area contributed by atoms with Crippen LogP contribution in [0.1, 0.15) is 0 Å². The van der Waals surface area contributed by atoms with Gasteiger partial charge in [0.2, 0.25) is 0 Å². The van der Waals surface area contributed by atoms with Crippen LogP contribution in [0.15, 0.2) is 12.7 Å². The highest BCUT2D eigenvalue weighted by molar-refractivity contribution is 5.81. The largest absolute Gasteiger partial charge is 0.508 e. The third kappa shape index (κ3) is 3.14. The Kier molecular flexibility index (Phi) is 3.31. The van der Waals surface area contributed by atoms with Crippen LogP contribution in [-0.2, 0) is 19.0 Å². The number of cyclic esters (lactones) is 2. The summed E-state index contributed by atoms with van der Waals surface area (Å²) in [7, 11) is 0. The highest BCUT2D eigenvalue weighted by Crippen LogP contribution is 2.07. The van der Waals surface area contributed by atoms with Crippen molar-refractivity contribution in [2.24, 2.45) is 5.92 Å². The van der Waals surface area contributed by atoms with Crippen LogP contribution in [0.5, 0.6) is 0 Å². The van der Waals surface area contributed by atoms with Gasteiger partial charge in [0.05, 0.1) is 5.92 Å². The maximum atomic E-state index is 10.6. The van der Waals surface area contributed by atoms with E-state index in [1.165, 1.54) is 0 Å². The molecule has 1 saturated heterocycles. The van der Waals surface area contributed by atoms with Gasteiger partial charge in [-0.15, -0.1) is 0 Å². The van der Waals surface area contributed by atoms with Crippen LogP contribution in [0.4, 0.5) is 4.79 Å². The molecule has 72 valence electrons. The van der Waals surface area contributed by atoms with Crippen LogP contribution in [0.3, 0.4) is 0 Å². The van der Waals surface area contributed by atoms with Gasteiger partial charge in [-0.2, -0.15) is 0 Å². The Morgan fingerprint density at radius 3 is 2.77 bits per heavy atom. The van der Waals surface area contributed by atoms with Crippen molar-refractivity contribution < 1.29 is 23.8 Å². The number of hydrogen-bond acceptors (Lipinski definition) is 5. The maximum Gasteiger partial charge on any atom is 0.508 e. The Bertz CT molecular complexity index is 213. The number of carbonyl (C=O) groups excluding carboxylic acids is 2. The molecular weight excluding hydrogens is 176 g/mol. The summed E-state index contributed by atoms with van der Waals surface area (Å²) in [6, 6.07) is 0. The van der Waals surface area contributed by atoms with Crippen molar-refractivity contribution in [1.82, 2.24) is 0 Å². The molecule has 0 saturated carbocycles. The van der Waals surface area contributed by atoms with E-state index >= 15 is 0 Å². The third-order valence-corrected chi connectivity index (χ3v) is 1.50. The molecule has 1 fully saturated rings. The summed E-state index contributed by atoms with van der Waals surface area (Å²) in [6.07, 6.45) is 0.404. The van der Waals surface area contributed by atoms with Gasteiger partial charge >= 0.3 is 12.1 Å². The van der Waals surface area contributed by atoms with Crippen molar-refractivity contribution in [3.8, 4) is 0 Å². The minimum absolute atomic E-state index is 0.0819. The summed E-state index contributed by atoms with van der Waals surface area (Å²) in [4.78, 5) is 21.1. The topological polar surface area (TPSA) is 61.8 Å². The minimum atomic E-state index is -0.675. The molecule has 0 atom stereocenters. The quantitative estimate of drug-likeness (QED) is 0.474. The molecule has 5 nitrogen and oxygen atoms in total. The fraction of sp³-hybridized carbons (Fsp3) is 0.500. The minimum Gasteiger partial charge on any atom is -0.462 e. The monoisotopic (exact) mass is 186 g/mol. The molecule has 1 heterocycles. The molecule has 0 bridgehead atoms. The van der Waals surface area contributed by atoms with Gasteiger partial charge in [-0.1, -0.05) is 6.58 Å². The van der Waals surface area contributed by atoms with E-state index in [9.17, 15) is 9.59 Å². The van der Waals surface area contributed by atoms with Crippen LogP contribution < -0.4 is 0 Å². The van der Waals surface area contributed by atoms with Crippen LogP contribution >= 0.6 is 0 Å². The SMILES string of the molecule is C=CC(=O)OCC1COC(=O)OC1. The molecule has 0 radical (unpaired) electrons. The lowest BCUT2D eigenvalue weighted by molar-refractivity contribution is -0.141. The molecule has 0 aromatic heterocycles. The van der Waals surface area contributed by atoms with E-state index in [0.29, 0.717) is 0 Å². The molecule has 0 aromatic rings. The first-order chi connectivity index (χ1) is 6.22. The fourth-order valence-corrected chi connectivity index (χ4v) is 0.817. The lowest BCUT2D eigenvalue weighted by atomic mass is 10.2. The normalized spacial score (nSPS) is 17.1. The van der Waals surface area contributed by atoms with E-state index < -0.39 is 12.1 Å². The number of carbonyl (C=O) groups is 2. The lowest BCUT2D eigenvalue weighted by Crippen LogP contribution is -2.31. The summed E-state index contributed by atoms with van der Waals surface area (Å²) in [6.45, 7) is 3.87. The highest BCUT2D eigenvalue weighted by atomic mass is 16.7. The molecule has 0 spiro atoms. The van der Waals surface area contributed by atoms with Gasteiger partial charge in [-0.3, -0.25) is 0 Å². The Hall–Kier alpha value is -1.52. The molecule has 5 heteroatoms. The smallest absolute Gasteiger partial charge is 0.462 e. The second-order valence-electron chi connectivity index (χ2n) is 2.57. The highest BCUT2D eigenvalue weighted by Gasteiger charge is 2.21. The van der Waals surface area contributed by atoms with Gasteiger partial charge in [-0.05, 0) is 0 Å². The fourth-order valence-electron chi connectivity index (χ4n) is 0.817. The Labute approximate surface area is 75.3 Å². The van der Waals surface area contributed by atoms with Crippen molar-refractivity contribution in [3.05, 3.63) is 12.7 Å². The van der Waals surface area contributed by atoms with E-state index in [4.69, 9.17) is 4.74 Å². The molecule has 13 heavy (non-hydrogen) atoms. The first-order valence-electron chi connectivity index (χ1n) is 3.81. The predicted octanol–water partition coefficient (Wildman–Crippen LogP) is 0.499. The van der Waals surface area contributed by atoms with Crippen molar-refractivity contribution >= 4 is 12.1 Å². The molecule has 0 unspecified atom stereocenters. The molecule has 0 amide bonds. The average Bonchev–Trinajstić information content (AvgIpc) is 2.16. The number of rotatable bonds is 3. The van der Waals surface area contributed by atoms with Gasteiger partial charge in [0.1, 0.15) is 19.8 Å². The van der Waals surface area contributed by atoms with Gasteiger partial charge in [-0.25, -0.2) is 9.59 Å². The molecule has 0 aromatic carbocycles. The molecular formula is C8H10O5. The van der Waals surface area contributed by atoms with Gasteiger partial charge in [0, 0.05) is 6.08 Å². The van der Waals surface area contributed by atoms with Crippen LogP contribution in [0.2, 0.25) is 0 Å². The third-order valence-electron chi connectivity index (χ3n) is 1.50. The summed E-state index contributed by atoms with van der Waals surface area (Å²) in [5.41, 5.74) is 0. The van der Waals surface area contributed by atoms with Crippen molar-refractivity contribution in [2.75, 3.05) is 19.8 Å². The van der Waals surface area contributed by atoms with E-state index in [2.05, 4.69) is 16.1 Å².